The monoisotopic (exact) mass is 175 g/mol. The largest absolute Gasteiger partial charge is 0.397 e. The van der Waals surface area contributed by atoms with Gasteiger partial charge in [0.05, 0.1) is 12.3 Å². The maximum Gasteiger partial charge on any atom is 0.189 e. The summed E-state index contributed by atoms with van der Waals surface area (Å²) < 4.78 is 0. The predicted molar refractivity (Wildman–Crippen MR) is 55.9 cm³/mol. The summed E-state index contributed by atoms with van der Waals surface area (Å²) in [6.45, 7) is 9.81. The van der Waals surface area contributed by atoms with E-state index in [1.54, 1.807) is 18.2 Å². The van der Waals surface area contributed by atoms with Crippen molar-refractivity contribution >= 4 is 17.1 Å². The van der Waals surface area contributed by atoms with Gasteiger partial charge in [-0.2, -0.15) is 0 Å². The van der Waals surface area contributed by atoms with Crippen LogP contribution in [0.1, 0.15) is 13.3 Å². The summed E-state index contributed by atoms with van der Waals surface area (Å²) in [4.78, 5) is 3.33. The Bertz CT molecular complexity index is 325. The van der Waals surface area contributed by atoms with Crippen molar-refractivity contribution in [1.82, 2.24) is 0 Å². The molecule has 0 aliphatic rings. The Hall–Kier alpha value is -1.69. The summed E-state index contributed by atoms with van der Waals surface area (Å²) in [6, 6.07) is 5.25. The van der Waals surface area contributed by atoms with Crippen LogP contribution >= 0.6 is 0 Å². The van der Waals surface area contributed by atoms with Gasteiger partial charge in [0.2, 0.25) is 0 Å². The lowest BCUT2D eigenvalue weighted by molar-refractivity contribution is 0.980. The zero-order chi connectivity index (χ0) is 9.68. The average Bonchev–Trinajstić information content (AvgIpc) is 2.17. The number of hydrogen-bond donors (Lipinski definition) is 2. The van der Waals surface area contributed by atoms with E-state index in [4.69, 9.17) is 12.3 Å². The first-order valence-electron chi connectivity index (χ1n) is 4.28. The third-order valence-corrected chi connectivity index (χ3v) is 1.73. The molecule has 0 bridgehead atoms. The minimum atomic E-state index is 0.618. The highest BCUT2D eigenvalue weighted by molar-refractivity contribution is 5.71. The molecule has 0 heterocycles. The molecule has 68 valence electrons. The second-order valence-corrected chi connectivity index (χ2v) is 2.81. The molecule has 3 heteroatoms. The van der Waals surface area contributed by atoms with Gasteiger partial charge in [-0.3, -0.25) is 0 Å². The third kappa shape index (κ3) is 2.38. The first kappa shape index (κ1) is 9.40. The highest BCUT2D eigenvalue weighted by Crippen LogP contribution is 2.24. The molecule has 1 rings (SSSR count). The molecule has 0 atom stereocenters. The number of nitrogen functional groups attached to an aromatic ring is 1. The van der Waals surface area contributed by atoms with Gasteiger partial charge >= 0.3 is 0 Å². The third-order valence-electron chi connectivity index (χ3n) is 1.73. The van der Waals surface area contributed by atoms with Gasteiger partial charge in [-0.15, -0.1) is 0 Å². The van der Waals surface area contributed by atoms with Crippen LogP contribution in [-0.4, -0.2) is 6.54 Å². The second-order valence-electron chi connectivity index (χ2n) is 2.81. The van der Waals surface area contributed by atoms with E-state index in [1.165, 1.54) is 0 Å². The summed E-state index contributed by atoms with van der Waals surface area (Å²) in [5.74, 6) is 0. The van der Waals surface area contributed by atoms with Crippen LogP contribution in [0.4, 0.5) is 17.1 Å². The fourth-order valence-corrected chi connectivity index (χ4v) is 1.03. The normalized spacial score (nSPS) is 9.23. The molecule has 0 saturated heterocycles. The van der Waals surface area contributed by atoms with Crippen molar-refractivity contribution in [3.05, 3.63) is 29.6 Å². The van der Waals surface area contributed by atoms with Crippen LogP contribution in [0.5, 0.6) is 0 Å². The number of nitrogens with zero attached hydrogens (tertiary/aromatic N) is 1. The molecule has 0 unspecified atom stereocenters. The zero-order valence-corrected chi connectivity index (χ0v) is 7.67. The number of rotatable bonds is 3. The van der Waals surface area contributed by atoms with E-state index in [2.05, 4.69) is 17.1 Å². The summed E-state index contributed by atoms with van der Waals surface area (Å²) in [6.07, 6.45) is 1.04. The number of anilines is 2. The average molecular weight is 175 g/mol. The smallest absolute Gasteiger partial charge is 0.189 e. The molecule has 1 aromatic carbocycles. The van der Waals surface area contributed by atoms with E-state index < -0.39 is 0 Å². The summed E-state index contributed by atoms with van der Waals surface area (Å²) in [5, 5.41) is 3.17. The van der Waals surface area contributed by atoms with E-state index in [1.807, 2.05) is 0 Å². The lowest BCUT2D eigenvalue weighted by atomic mass is 10.2. The van der Waals surface area contributed by atoms with Crippen molar-refractivity contribution < 1.29 is 0 Å². The number of nitrogens with one attached hydrogen (secondary N) is 1. The first-order chi connectivity index (χ1) is 6.27. The lowest BCUT2D eigenvalue weighted by Gasteiger charge is -2.07. The molecule has 0 aliphatic carbocycles. The van der Waals surface area contributed by atoms with Gasteiger partial charge in [0.15, 0.2) is 5.69 Å². The molecule has 0 fully saturated rings. The molecular formula is C10H13N3. The zero-order valence-electron chi connectivity index (χ0n) is 7.67. The Labute approximate surface area is 78.4 Å². The van der Waals surface area contributed by atoms with Gasteiger partial charge < -0.3 is 11.1 Å². The molecule has 0 aromatic heterocycles. The van der Waals surface area contributed by atoms with Crippen LogP contribution in [0.3, 0.4) is 0 Å². The second kappa shape index (κ2) is 4.36. The quantitative estimate of drug-likeness (QED) is 0.547. The van der Waals surface area contributed by atoms with Crippen LogP contribution in [0.25, 0.3) is 4.85 Å². The number of hydrogen-bond acceptors (Lipinski definition) is 2. The highest BCUT2D eigenvalue weighted by atomic mass is 14.9. The van der Waals surface area contributed by atoms with Crippen molar-refractivity contribution in [1.29, 1.82) is 0 Å². The fourth-order valence-electron chi connectivity index (χ4n) is 1.03. The summed E-state index contributed by atoms with van der Waals surface area (Å²) >= 11 is 0. The van der Waals surface area contributed by atoms with Crippen molar-refractivity contribution in [2.45, 2.75) is 13.3 Å². The van der Waals surface area contributed by atoms with Crippen LogP contribution in [-0.2, 0) is 0 Å². The molecule has 0 saturated carbocycles. The van der Waals surface area contributed by atoms with Crippen LogP contribution in [0.2, 0.25) is 0 Å². The number of benzene rings is 1. The van der Waals surface area contributed by atoms with Gasteiger partial charge in [0.25, 0.3) is 0 Å². The molecule has 0 aliphatic heterocycles. The Morgan fingerprint density at radius 2 is 2.31 bits per heavy atom. The maximum atomic E-state index is 6.84. The first-order valence-corrected chi connectivity index (χ1v) is 4.28. The van der Waals surface area contributed by atoms with Crippen LogP contribution in [0.15, 0.2) is 18.2 Å². The van der Waals surface area contributed by atoms with Crippen molar-refractivity contribution in [3.8, 4) is 0 Å². The van der Waals surface area contributed by atoms with Crippen molar-refractivity contribution in [2.75, 3.05) is 17.6 Å². The minimum Gasteiger partial charge on any atom is -0.397 e. The van der Waals surface area contributed by atoms with Gasteiger partial charge in [-0.1, -0.05) is 13.0 Å². The Morgan fingerprint density at radius 3 is 2.92 bits per heavy atom. The SMILES string of the molecule is [C-]#[N+]c1ccc(N)c(NCCC)c1. The predicted octanol–water partition coefficient (Wildman–Crippen LogP) is 2.64. The van der Waals surface area contributed by atoms with Crippen LogP contribution in [0, 0.1) is 6.57 Å². The standard InChI is InChI=1S/C10H13N3/c1-3-6-13-10-7-8(12-2)4-5-9(10)11/h4-5,7,13H,3,6,11H2,1H3. The Morgan fingerprint density at radius 1 is 1.54 bits per heavy atom. The summed E-state index contributed by atoms with van der Waals surface area (Å²) in [7, 11) is 0. The topological polar surface area (TPSA) is 42.4 Å². The molecule has 0 spiro atoms. The van der Waals surface area contributed by atoms with E-state index in [9.17, 15) is 0 Å². The van der Waals surface area contributed by atoms with E-state index in [0.29, 0.717) is 11.4 Å². The minimum absolute atomic E-state index is 0.618. The fraction of sp³-hybridized carbons (Fsp3) is 0.300. The Kier molecular flexibility index (Phi) is 3.15. The lowest BCUT2D eigenvalue weighted by Crippen LogP contribution is -2.02. The molecule has 3 N–H and O–H groups in total. The van der Waals surface area contributed by atoms with Gasteiger partial charge in [0, 0.05) is 12.2 Å². The van der Waals surface area contributed by atoms with Crippen LogP contribution < -0.4 is 11.1 Å². The molecule has 0 amide bonds. The Balaban J connectivity index is 2.85. The molecular weight excluding hydrogens is 162 g/mol. The highest BCUT2D eigenvalue weighted by Gasteiger charge is 1.98. The molecule has 3 nitrogen and oxygen atoms in total. The molecule has 13 heavy (non-hydrogen) atoms. The molecule has 1 aromatic rings. The van der Waals surface area contributed by atoms with Gasteiger partial charge in [-0.05, 0) is 18.6 Å². The number of nitrogens with two attached hydrogens (primary N) is 1. The van der Waals surface area contributed by atoms with Crippen molar-refractivity contribution in [2.24, 2.45) is 0 Å². The van der Waals surface area contributed by atoms with E-state index in [0.717, 1.165) is 18.7 Å². The maximum absolute atomic E-state index is 6.84. The van der Waals surface area contributed by atoms with E-state index >= 15 is 0 Å². The molecule has 0 radical (unpaired) electrons. The summed E-state index contributed by atoms with van der Waals surface area (Å²) in [5.41, 5.74) is 7.89. The van der Waals surface area contributed by atoms with Crippen molar-refractivity contribution in [3.63, 3.8) is 0 Å². The van der Waals surface area contributed by atoms with Gasteiger partial charge in [-0.25, -0.2) is 4.85 Å². The van der Waals surface area contributed by atoms with Gasteiger partial charge in [0.1, 0.15) is 0 Å². The van der Waals surface area contributed by atoms with E-state index in [-0.39, 0.29) is 0 Å².